The number of carbonyl (C=O) groups excluding carboxylic acids is 1. The Balaban J connectivity index is 1.40. The van der Waals surface area contributed by atoms with Crippen LogP contribution < -0.4 is 4.74 Å². The van der Waals surface area contributed by atoms with E-state index in [9.17, 15) is 9.18 Å². The number of halogens is 2. The number of hydrogen-bond donors (Lipinski definition) is 0. The normalized spacial score (nSPS) is 16.2. The molecule has 3 aromatic rings. The van der Waals surface area contributed by atoms with Gasteiger partial charge in [-0.1, -0.05) is 29.8 Å². The molecule has 1 saturated heterocycles. The van der Waals surface area contributed by atoms with Crippen molar-refractivity contribution in [1.29, 1.82) is 0 Å². The maximum absolute atomic E-state index is 13.0. The van der Waals surface area contributed by atoms with Crippen LogP contribution >= 0.6 is 11.6 Å². The molecule has 0 bridgehead atoms. The predicted molar refractivity (Wildman–Crippen MR) is 106 cm³/mol. The number of rotatable bonds is 6. The summed E-state index contributed by atoms with van der Waals surface area (Å²) in [5.74, 6) is 1.19. The van der Waals surface area contributed by atoms with E-state index in [0.717, 1.165) is 18.4 Å². The summed E-state index contributed by atoms with van der Waals surface area (Å²) in [6.45, 7) is 0.508. The maximum Gasteiger partial charge on any atom is 0.261 e. The third kappa shape index (κ3) is 4.59. The van der Waals surface area contributed by atoms with Gasteiger partial charge in [-0.3, -0.25) is 4.79 Å². The lowest BCUT2D eigenvalue weighted by atomic mass is 10.1. The minimum Gasteiger partial charge on any atom is -0.484 e. The lowest BCUT2D eigenvalue weighted by Crippen LogP contribution is -2.34. The van der Waals surface area contributed by atoms with Crippen molar-refractivity contribution in [1.82, 2.24) is 9.88 Å². The Bertz CT molecular complexity index is 990. The Kier molecular flexibility index (Phi) is 5.81. The molecule has 0 aliphatic carbocycles. The van der Waals surface area contributed by atoms with Crippen LogP contribution in [0.4, 0.5) is 4.39 Å². The van der Waals surface area contributed by atoms with Crippen molar-refractivity contribution in [2.24, 2.45) is 0 Å². The van der Waals surface area contributed by atoms with Crippen molar-refractivity contribution < 1.29 is 18.3 Å². The largest absolute Gasteiger partial charge is 0.484 e. The number of likely N-dealkylation sites (tertiary alicyclic amines) is 1. The Morgan fingerprint density at radius 2 is 2.03 bits per heavy atom. The van der Waals surface area contributed by atoms with E-state index in [4.69, 9.17) is 20.8 Å². The van der Waals surface area contributed by atoms with Gasteiger partial charge in [0, 0.05) is 18.0 Å². The van der Waals surface area contributed by atoms with E-state index < -0.39 is 0 Å². The van der Waals surface area contributed by atoms with E-state index in [0.29, 0.717) is 35.4 Å². The highest BCUT2D eigenvalue weighted by atomic mass is 35.5. The highest BCUT2D eigenvalue weighted by Crippen LogP contribution is 2.32. The lowest BCUT2D eigenvalue weighted by Gasteiger charge is -2.22. The summed E-state index contributed by atoms with van der Waals surface area (Å²) in [5, 5.41) is 0.682. The third-order valence-electron chi connectivity index (χ3n) is 4.93. The molecule has 4 rings (SSSR count). The van der Waals surface area contributed by atoms with Crippen LogP contribution in [-0.4, -0.2) is 28.9 Å². The minimum atomic E-state index is -0.347. The molecule has 2 heterocycles. The third-order valence-corrected chi connectivity index (χ3v) is 5.30. The van der Waals surface area contributed by atoms with Crippen LogP contribution in [0.1, 0.15) is 36.1 Å². The summed E-state index contributed by atoms with van der Waals surface area (Å²) in [6.07, 6.45) is 3.89. The van der Waals surface area contributed by atoms with Gasteiger partial charge in [-0.25, -0.2) is 9.37 Å². The molecular weight excluding hydrogens is 395 g/mol. The van der Waals surface area contributed by atoms with Crippen LogP contribution in [0.5, 0.6) is 5.75 Å². The van der Waals surface area contributed by atoms with Gasteiger partial charge in [0.15, 0.2) is 6.61 Å². The van der Waals surface area contributed by atoms with Crippen molar-refractivity contribution in [2.75, 3.05) is 13.2 Å². The van der Waals surface area contributed by atoms with E-state index in [1.807, 2.05) is 24.3 Å². The number of amides is 1. The van der Waals surface area contributed by atoms with Crippen LogP contribution in [-0.2, 0) is 11.2 Å². The molecule has 150 valence electrons. The minimum absolute atomic E-state index is 0.116. The van der Waals surface area contributed by atoms with Gasteiger partial charge in [0.25, 0.3) is 5.91 Å². The second-order valence-corrected chi connectivity index (χ2v) is 7.33. The molecule has 0 N–H and O–H groups in total. The van der Waals surface area contributed by atoms with Crippen LogP contribution in [0.25, 0.3) is 0 Å². The van der Waals surface area contributed by atoms with Gasteiger partial charge in [0.05, 0.1) is 6.20 Å². The Morgan fingerprint density at radius 1 is 1.24 bits per heavy atom. The molecule has 1 aliphatic heterocycles. The predicted octanol–water partition coefficient (Wildman–Crippen LogP) is 4.80. The molecule has 1 fully saturated rings. The zero-order chi connectivity index (χ0) is 20.2. The molecule has 0 spiro atoms. The van der Waals surface area contributed by atoms with Gasteiger partial charge in [0.2, 0.25) is 5.89 Å². The molecule has 5 nitrogen and oxygen atoms in total. The summed E-state index contributed by atoms with van der Waals surface area (Å²) >= 11 is 6.22. The SMILES string of the molecule is O=C(COc1ccc(F)cc1)N1CCCC1c1ncc(Cc2ccccc2Cl)o1. The van der Waals surface area contributed by atoms with Gasteiger partial charge < -0.3 is 14.1 Å². The molecular formula is C22H20ClFN2O3. The second-order valence-electron chi connectivity index (χ2n) is 6.92. The number of nitrogens with zero attached hydrogens (tertiary/aromatic N) is 2. The smallest absolute Gasteiger partial charge is 0.261 e. The fraction of sp³-hybridized carbons (Fsp3) is 0.273. The Labute approximate surface area is 173 Å². The van der Waals surface area contributed by atoms with Gasteiger partial charge in [0.1, 0.15) is 23.4 Å². The van der Waals surface area contributed by atoms with Crippen molar-refractivity contribution in [2.45, 2.75) is 25.3 Å². The van der Waals surface area contributed by atoms with Crippen molar-refractivity contribution in [3.63, 3.8) is 0 Å². The van der Waals surface area contributed by atoms with Crippen LogP contribution in [0.15, 0.2) is 59.1 Å². The lowest BCUT2D eigenvalue weighted by molar-refractivity contribution is -0.134. The fourth-order valence-electron chi connectivity index (χ4n) is 3.47. The summed E-state index contributed by atoms with van der Waals surface area (Å²) in [7, 11) is 0. The summed E-state index contributed by atoms with van der Waals surface area (Å²) in [4.78, 5) is 18.8. The van der Waals surface area contributed by atoms with E-state index in [-0.39, 0.29) is 24.4 Å². The quantitative estimate of drug-likeness (QED) is 0.581. The number of ether oxygens (including phenoxy) is 1. The summed E-state index contributed by atoms with van der Waals surface area (Å²) in [6, 6.07) is 13.0. The first-order chi connectivity index (χ1) is 14.1. The van der Waals surface area contributed by atoms with Gasteiger partial charge in [-0.15, -0.1) is 0 Å². The average molecular weight is 415 g/mol. The first-order valence-electron chi connectivity index (χ1n) is 9.46. The van der Waals surface area contributed by atoms with Gasteiger partial charge in [-0.05, 0) is 48.7 Å². The first-order valence-corrected chi connectivity index (χ1v) is 9.84. The monoisotopic (exact) mass is 414 g/mol. The Hall–Kier alpha value is -2.86. The molecule has 0 saturated carbocycles. The number of hydrogen-bond acceptors (Lipinski definition) is 4. The molecule has 1 aromatic heterocycles. The van der Waals surface area contributed by atoms with Crippen molar-refractivity contribution >= 4 is 17.5 Å². The molecule has 1 unspecified atom stereocenters. The van der Waals surface area contributed by atoms with Crippen LogP contribution in [0.3, 0.4) is 0 Å². The fourth-order valence-corrected chi connectivity index (χ4v) is 3.67. The number of oxazole rings is 1. The molecule has 1 amide bonds. The van der Waals surface area contributed by atoms with E-state index in [1.165, 1.54) is 24.3 Å². The molecule has 7 heteroatoms. The van der Waals surface area contributed by atoms with Crippen molar-refractivity contribution in [3.8, 4) is 5.75 Å². The molecule has 29 heavy (non-hydrogen) atoms. The maximum atomic E-state index is 13.0. The zero-order valence-corrected chi connectivity index (χ0v) is 16.4. The molecule has 1 aliphatic rings. The zero-order valence-electron chi connectivity index (χ0n) is 15.7. The highest BCUT2D eigenvalue weighted by molar-refractivity contribution is 6.31. The number of aromatic nitrogens is 1. The first kappa shape index (κ1) is 19.5. The molecule has 0 radical (unpaired) electrons. The average Bonchev–Trinajstić information content (AvgIpc) is 3.38. The summed E-state index contributed by atoms with van der Waals surface area (Å²) < 4.78 is 24.4. The highest BCUT2D eigenvalue weighted by Gasteiger charge is 2.33. The Morgan fingerprint density at radius 3 is 2.83 bits per heavy atom. The van der Waals surface area contributed by atoms with E-state index in [1.54, 1.807) is 11.1 Å². The van der Waals surface area contributed by atoms with Gasteiger partial charge in [-0.2, -0.15) is 0 Å². The second kappa shape index (κ2) is 8.66. The van der Waals surface area contributed by atoms with Gasteiger partial charge >= 0.3 is 0 Å². The van der Waals surface area contributed by atoms with E-state index >= 15 is 0 Å². The van der Waals surface area contributed by atoms with Crippen LogP contribution in [0, 0.1) is 5.82 Å². The molecule has 2 aromatic carbocycles. The number of carbonyl (C=O) groups is 1. The van der Waals surface area contributed by atoms with Crippen molar-refractivity contribution in [3.05, 3.63) is 82.8 Å². The standard InChI is InChI=1S/C22H20ClFN2O3/c23-19-5-2-1-4-15(19)12-18-13-25-22(29-18)20-6-3-11-26(20)21(27)14-28-17-9-7-16(24)8-10-17/h1-2,4-5,7-10,13,20H,3,6,11-12,14H2. The van der Waals surface area contributed by atoms with Crippen LogP contribution in [0.2, 0.25) is 5.02 Å². The summed E-state index contributed by atoms with van der Waals surface area (Å²) in [5.41, 5.74) is 0.962. The molecule has 1 atom stereocenters. The number of benzene rings is 2. The topological polar surface area (TPSA) is 55.6 Å². The van der Waals surface area contributed by atoms with E-state index in [2.05, 4.69) is 4.98 Å².